The van der Waals surface area contributed by atoms with Gasteiger partial charge in [0, 0.05) is 6.54 Å². The normalized spacial score (nSPS) is 20.8. The first-order valence-electron chi connectivity index (χ1n) is 7.75. The van der Waals surface area contributed by atoms with Crippen LogP contribution >= 0.6 is 0 Å². The van der Waals surface area contributed by atoms with Crippen LogP contribution in [-0.2, 0) is 5.60 Å². The highest BCUT2D eigenvalue weighted by atomic mass is 16.3. The van der Waals surface area contributed by atoms with Gasteiger partial charge in [-0.15, -0.1) is 0 Å². The number of hydrogen-bond donors (Lipinski definition) is 2. The first kappa shape index (κ1) is 15.5. The minimum atomic E-state index is -0.784. The van der Waals surface area contributed by atoms with Crippen LogP contribution in [0, 0.1) is 5.92 Å². The van der Waals surface area contributed by atoms with Crippen LogP contribution in [0.25, 0.3) is 0 Å². The van der Waals surface area contributed by atoms with E-state index in [1.165, 1.54) is 32.4 Å². The molecule has 1 aromatic carbocycles. The summed E-state index contributed by atoms with van der Waals surface area (Å²) in [4.78, 5) is 2.41. The van der Waals surface area contributed by atoms with E-state index in [0.29, 0.717) is 6.54 Å². The van der Waals surface area contributed by atoms with Gasteiger partial charge in [0.25, 0.3) is 0 Å². The molecule has 0 aliphatic carbocycles. The maximum atomic E-state index is 10.5. The molecule has 1 atom stereocenters. The Morgan fingerprint density at radius 3 is 2.55 bits per heavy atom. The second-order valence-corrected chi connectivity index (χ2v) is 6.35. The maximum absolute atomic E-state index is 10.5. The van der Waals surface area contributed by atoms with Crippen molar-refractivity contribution in [3.63, 3.8) is 0 Å². The second kappa shape index (κ2) is 7.21. The van der Waals surface area contributed by atoms with Crippen molar-refractivity contribution in [3.05, 3.63) is 35.9 Å². The summed E-state index contributed by atoms with van der Waals surface area (Å²) in [5.74, 6) is 0.848. The van der Waals surface area contributed by atoms with E-state index in [1.807, 2.05) is 37.3 Å². The van der Waals surface area contributed by atoms with Crippen molar-refractivity contribution in [3.8, 4) is 0 Å². The SMILES string of the molecule is CN1CCC(CCNCC(C)(O)c2ccccc2)CC1. The van der Waals surface area contributed by atoms with E-state index in [0.717, 1.165) is 18.0 Å². The predicted octanol–water partition coefficient (Wildman–Crippen LogP) is 2.22. The first-order chi connectivity index (χ1) is 9.58. The van der Waals surface area contributed by atoms with Gasteiger partial charge in [0.15, 0.2) is 0 Å². The Morgan fingerprint density at radius 2 is 1.90 bits per heavy atom. The fourth-order valence-electron chi connectivity index (χ4n) is 2.89. The molecule has 3 heteroatoms. The van der Waals surface area contributed by atoms with Gasteiger partial charge >= 0.3 is 0 Å². The lowest BCUT2D eigenvalue weighted by Crippen LogP contribution is -2.37. The zero-order chi connectivity index (χ0) is 14.4. The van der Waals surface area contributed by atoms with Crippen LogP contribution in [0.4, 0.5) is 0 Å². The summed E-state index contributed by atoms with van der Waals surface area (Å²) in [7, 11) is 2.20. The van der Waals surface area contributed by atoms with E-state index >= 15 is 0 Å². The summed E-state index contributed by atoms with van der Waals surface area (Å²) in [6.45, 7) is 5.95. The molecule has 2 N–H and O–H groups in total. The lowest BCUT2D eigenvalue weighted by molar-refractivity contribution is 0.0565. The number of likely N-dealkylation sites (tertiary alicyclic amines) is 1. The van der Waals surface area contributed by atoms with Gasteiger partial charge < -0.3 is 15.3 Å². The highest BCUT2D eigenvalue weighted by molar-refractivity contribution is 5.21. The van der Waals surface area contributed by atoms with Crippen molar-refractivity contribution in [2.24, 2.45) is 5.92 Å². The number of rotatable bonds is 6. The third kappa shape index (κ3) is 4.58. The Hall–Kier alpha value is -0.900. The Kier molecular flexibility index (Phi) is 5.58. The first-order valence-corrected chi connectivity index (χ1v) is 7.75. The minimum Gasteiger partial charge on any atom is -0.384 e. The summed E-state index contributed by atoms with van der Waals surface area (Å²) in [5, 5.41) is 13.9. The van der Waals surface area contributed by atoms with Crippen LogP contribution in [-0.4, -0.2) is 43.2 Å². The Balaban J connectivity index is 1.68. The number of piperidine rings is 1. The van der Waals surface area contributed by atoms with Gasteiger partial charge in [-0.2, -0.15) is 0 Å². The van der Waals surface area contributed by atoms with Gasteiger partial charge in [-0.05, 0) is 64.3 Å². The average Bonchev–Trinajstić information content (AvgIpc) is 2.46. The zero-order valence-electron chi connectivity index (χ0n) is 12.8. The molecule has 0 saturated carbocycles. The van der Waals surface area contributed by atoms with Crippen molar-refractivity contribution < 1.29 is 5.11 Å². The van der Waals surface area contributed by atoms with Crippen LogP contribution in [0.3, 0.4) is 0 Å². The molecule has 0 radical (unpaired) electrons. The van der Waals surface area contributed by atoms with Gasteiger partial charge in [-0.25, -0.2) is 0 Å². The number of nitrogens with one attached hydrogen (secondary N) is 1. The molecule has 1 heterocycles. The molecular formula is C17H28N2O. The predicted molar refractivity (Wildman–Crippen MR) is 83.7 cm³/mol. The van der Waals surface area contributed by atoms with E-state index in [1.54, 1.807) is 0 Å². The summed E-state index contributed by atoms with van der Waals surface area (Å²) in [6, 6.07) is 9.90. The molecule has 0 bridgehead atoms. The second-order valence-electron chi connectivity index (χ2n) is 6.35. The van der Waals surface area contributed by atoms with Gasteiger partial charge in [0.1, 0.15) is 0 Å². The van der Waals surface area contributed by atoms with Gasteiger partial charge in [0.05, 0.1) is 5.60 Å². The van der Waals surface area contributed by atoms with Gasteiger partial charge in [0.2, 0.25) is 0 Å². The van der Waals surface area contributed by atoms with Crippen molar-refractivity contribution in [1.82, 2.24) is 10.2 Å². The molecule has 0 amide bonds. The number of nitrogens with zero attached hydrogens (tertiary/aromatic N) is 1. The topological polar surface area (TPSA) is 35.5 Å². The summed E-state index contributed by atoms with van der Waals surface area (Å²) < 4.78 is 0. The highest BCUT2D eigenvalue weighted by Gasteiger charge is 2.22. The molecule has 1 aliphatic rings. The minimum absolute atomic E-state index is 0.615. The smallest absolute Gasteiger partial charge is 0.0992 e. The monoisotopic (exact) mass is 276 g/mol. The van der Waals surface area contributed by atoms with Crippen molar-refractivity contribution >= 4 is 0 Å². The Bertz CT molecular complexity index is 383. The van der Waals surface area contributed by atoms with E-state index in [4.69, 9.17) is 0 Å². The third-order valence-electron chi connectivity index (χ3n) is 4.43. The average molecular weight is 276 g/mol. The molecule has 20 heavy (non-hydrogen) atoms. The lowest BCUT2D eigenvalue weighted by Gasteiger charge is -2.29. The standard InChI is InChI=1S/C17H28N2O/c1-17(20,16-6-4-3-5-7-16)14-18-11-8-15-9-12-19(2)13-10-15/h3-7,15,18,20H,8-14H2,1-2H3. The summed E-state index contributed by atoms with van der Waals surface area (Å²) in [5.41, 5.74) is 0.195. The van der Waals surface area contributed by atoms with Crippen LogP contribution in [0.5, 0.6) is 0 Å². The van der Waals surface area contributed by atoms with E-state index < -0.39 is 5.60 Å². The molecule has 1 saturated heterocycles. The molecule has 3 nitrogen and oxygen atoms in total. The molecule has 1 aliphatic heterocycles. The lowest BCUT2D eigenvalue weighted by atomic mass is 9.93. The van der Waals surface area contributed by atoms with Crippen LogP contribution < -0.4 is 5.32 Å². The fraction of sp³-hybridized carbons (Fsp3) is 0.647. The van der Waals surface area contributed by atoms with Gasteiger partial charge in [-0.1, -0.05) is 30.3 Å². The van der Waals surface area contributed by atoms with Gasteiger partial charge in [-0.3, -0.25) is 0 Å². The van der Waals surface area contributed by atoms with Crippen LogP contribution in [0.1, 0.15) is 31.7 Å². The molecule has 2 rings (SSSR count). The van der Waals surface area contributed by atoms with Crippen molar-refractivity contribution in [1.29, 1.82) is 0 Å². The third-order valence-corrected chi connectivity index (χ3v) is 4.43. The molecule has 112 valence electrons. The summed E-state index contributed by atoms with van der Waals surface area (Å²) >= 11 is 0. The number of benzene rings is 1. The Labute approximate surface area is 123 Å². The Morgan fingerprint density at radius 1 is 1.25 bits per heavy atom. The number of aliphatic hydroxyl groups is 1. The molecule has 1 aromatic rings. The van der Waals surface area contributed by atoms with E-state index in [2.05, 4.69) is 17.3 Å². The number of hydrogen-bond acceptors (Lipinski definition) is 3. The largest absolute Gasteiger partial charge is 0.384 e. The molecule has 0 aromatic heterocycles. The van der Waals surface area contributed by atoms with Crippen molar-refractivity contribution in [2.45, 2.75) is 31.8 Å². The fourth-order valence-corrected chi connectivity index (χ4v) is 2.89. The molecule has 1 unspecified atom stereocenters. The van der Waals surface area contributed by atoms with Crippen molar-refractivity contribution in [2.75, 3.05) is 33.2 Å². The zero-order valence-corrected chi connectivity index (χ0v) is 12.8. The molecule has 0 spiro atoms. The molecular weight excluding hydrogens is 248 g/mol. The highest BCUT2D eigenvalue weighted by Crippen LogP contribution is 2.20. The van der Waals surface area contributed by atoms with Crippen LogP contribution in [0.2, 0.25) is 0 Å². The van der Waals surface area contributed by atoms with E-state index in [9.17, 15) is 5.11 Å². The molecule has 1 fully saturated rings. The van der Waals surface area contributed by atoms with Crippen LogP contribution in [0.15, 0.2) is 30.3 Å². The quantitative estimate of drug-likeness (QED) is 0.782. The summed E-state index contributed by atoms with van der Waals surface area (Å²) in [6.07, 6.45) is 3.85. The van der Waals surface area contributed by atoms with E-state index in [-0.39, 0.29) is 0 Å². The maximum Gasteiger partial charge on any atom is 0.0992 e.